The van der Waals surface area contributed by atoms with Crippen LogP contribution in [0.5, 0.6) is 0 Å². The average Bonchev–Trinajstić information content (AvgIpc) is 2.64. The summed E-state index contributed by atoms with van der Waals surface area (Å²) in [5.41, 5.74) is -0.0405. The Hall–Kier alpha value is -3.13. The maximum Gasteiger partial charge on any atom is 0.416 e. The fourth-order valence-electron chi connectivity index (χ4n) is 2.15. The number of hydrogen-bond acceptors (Lipinski definition) is 4. The van der Waals surface area contributed by atoms with E-state index in [-0.39, 0.29) is 22.2 Å². The third-order valence-corrected chi connectivity index (χ3v) is 3.82. The van der Waals surface area contributed by atoms with Crippen LogP contribution in [0, 0.1) is 0 Å². The van der Waals surface area contributed by atoms with Gasteiger partial charge in [0, 0.05) is 18.1 Å². The standard InChI is InChI=1S/C18H12ClF3N4O/c19-14-7-6-12(18(20,21)22)8-15(14)26-17-23-9-11(10-24-17)16(27)25-13-4-2-1-3-5-13/h1-10H,(H,25,27)(H,23,24,26). The third kappa shape index (κ3) is 4.73. The van der Waals surface area contributed by atoms with Gasteiger partial charge in [-0.2, -0.15) is 13.2 Å². The van der Waals surface area contributed by atoms with Gasteiger partial charge in [-0.1, -0.05) is 29.8 Å². The molecule has 2 aromatic carbocycles. The highest BCUT2D eigenvalue weighted by molar-refractivity contribution is 6.33. The molecule has 1 amide bonds. The minimum atomic E-state index is -4.50. The summed E-state index contributed by atoms with van der Waals surface area (Å²) in [6, 6.07) is 11.7. The number of alkyl halides is 3. The van der Waals surface area contributed by atoms with Gasteiger partial charge < -0.3 is 10.6 Å². The summed E-state index contributed by atoms with van der Waals surface area (Å²) in [5.74, 6) is -0.405. The van der Waals surface area contributed by atoms with Gasteiger partial charge in [0.2, 0.25) is 5.95 Å². The first-order valence-corrected chi connectivity index (χ1v) is 8.03. The largest absolute Gasteiger partial charge is 0.416 e. The van der Waals surface area contributed by atoms with Crippen LogP contribution in [0.3, 0.4) is 0 Å². The molecule has 0 aliphatic rings. The maximum atomic E-state index is 12.8. The second-order valence-electron chi connectivity index (χ2n) is 5.43. The molecule has 3 aromatic rings. The Labute approximate surface area is 157 Å². The molecule has 5 nitrogen and oxygen atoms in total. The zero-order chi connectivity index (χ0) is 19.4. The van der Waals surface area contributed by atoms with Crippen molar-refractivity contribution in [2.24, 2.45) is 0 Å². The Kier molecular flexibility index (Phi) is 5.27. The molecule has 3 rings (SSSR count). The van der Waals surface area contributed by atoms with Crippen molar-refractivity contribution in [3.63, 3.8) is 0 Å². The van der Waals surface area contributed by atoms with Gasteiger partial charge in [-0.15, -0.1) is 0 Å². The molecule has 138 valence electrons. The van der Waals surface area contributed by atoms with Crippen molar-refractivity contribution < 1.29 is 18.0 Å². The number of amides is 1. The highest BCUT2D eigenvalue weighted by atomic mass is 35.5. The van der Waals surface area contributed by atoms with Crippen molar-refractivity contribution in [1.82, 2.24) is 9.97 Å². The monoisotopic (exact) mass is 392 g/mol. The highest BCUT2D eigenvalue weighted by Crippen LogP contribution is 2.34. The number of halogens is 4. The van der Waals surface area contributed by atoms with Crippen molar-refractivity contribution >= 4 is 34.8 Å². The summed E-state index contributed by atoms with van der Waals surface area (Å²) < 4.78 is 38.4. The van der Waals surface area contributed by atoms with E-state index >= 15 is 0 Å². The predicted molar refractivity (Wildman–Crippen MR) is 96.2 cm³/mol. The summed E-state index contributed by atoms with van der Waals surface area (Å²) in [6.07, 6.45) is -1.98. The third-order valence-electron chi connectivity index (χ3n) is 3.49. The lowest BCUT2D eigenvalue weighted by atomic mass is 10.2. The molecule has 0 bridgehead atoms. The number of carbonyl (C=O) groups excluding carboxylic acids is 1. The van der Waals surface area contributed by atoms with E-state index in [0.717, 1.165) is 18.2 Å². The van der Waals surface area contributed by atoms with Crippen LogP contribution in [-0.4, -0.2) is 15.9 Å². The van der Waals surface area contributed by atoms with Gasteiger partial charge in [-0.05, 0) is 30.3 Å². The molecule has 0 spiro atoms. The minimum absolute atomic E-state index is 0.00693. The Morgan fingerprint density at radius 3 is 2.30 bits per heavy atom. The van der Waals surface area contributed by atoms with E-state index in [1.54, 1.807) is 24.3 Å². The zero-order valence-corrected chi connectivity index (χ0v) is 14.3. The molecule has 0 atom stereocenters. The fourth-order valence-corrected chi connectivity index (χ4v) is 2.32. The van der Waals surface area contributed by atoms with Gasteiger partial charge in [0.25, 0.3) is 5.91 Å². The van der Waals surface area contributed by atoms with E-state index in [1.807, 2.05) is 6.07 Å². The van der Waals surface area contributed by atoms with Gasteiger partial charge in [0.05, 0.1) is 21.8 Å². The molecule has 27 heavy (non-hydrogen) atoms. The fraction of sp³-hybridized carbons (Fsp3) is 0.0556. The Morgan fingerprint density at radius 1 is 1.00 bits per heavy atom. The Bertz CT molecular complexity index is 947. The van der Waals surface area contributed by atoms with Crippen molar-refractivity contribution in [2.75, 3.05) is 10.6 Å². The highest BCUT2D eigenvalue weighted by Gasteiger charge is 2.31. The SMILES string of the molecule is O=C(Nc1ccccc1)c1cnc(Nc2cc(C(F)(F)F)ccc2Cl)nc1. The topological polar surface area (TPSA) is 66.9 Å². The number of para-hydroxylation sites is 1. The molecule has 0 aliphatic carbocycles. The van der Waals surface area contributed by atoms with Crippen LogP contribution in [0.25, 0.3) is 0 Å². The number of carbonyl (C=O) groups is 1. The van der Waals surface area contributed by atoms with Crippen LogP contribution in [0.2, 0.25) is 5.02 Å². The average molecular weight is 393 g/mol. The van der Waals surface area contributed by atoms with E-state index in [0.29, 0.717) is 5.69 Å². The van der Waals surface area contributed by atoms with Crippen LogP contribution in [0.4, 0.5) is 30.5 Å². The Balaban J connectivity index is 1.74. The smallest absolute Gasteiger partial charge is 0.323 e. The van der Waals surface area contributed by atoms with Crippen LogP contribution in [0.15, 0.2) is 60.9 Å². The second kappa shape index (κ2) is 7.63. The normalized spacial score (nSPS) is 11.1. The lowest BCUT2D eigenvalue weighted by molar-refractivity contribution is -0.137. The van der Waals surface area contributed by atoms with Crippen LogP contribution < -0.4 is 10.6 Å². The number of rotatable bonds is 4. The summed E-state index contributed by atoms with van der Waals surface area (Å²) >= 11 is 5.92. The first-order valence-electron chi connectivity index (χ1n) is 7.65. The molecule has 0 fully saturated rings. The molecule has 2 N–H and O–H groups in total. The van der Waals surface area contributed by atoms with Crippen molar-refractivity contribution in [2.45, 2.75) is 6.18 Å². The van der Waals surface area contributed by atoms with Gasteiger partial charge in [-0.25, -0.2) is 9.97 Å². The molecule has 0 saturated heterocycles. The molecule has 1 heterocycles. The lowest BCUT2D eigenvalue weighted by Gasteiger charge is -2.11. The Morgan fingerprint density at radius 2 is 1.67 bits per heavy atom. The number of benzene rings is 2. The van der Waals surface area contributed by atoms with Crippen molar-refractivity contribution in [3.8, 4) is 0 Å². The zero-order valence-electron chi connectivity index (χ0n) is 13.6. The van der Waals surface area contributed by atoms with E-state index in [4.69, 9.17) is 11.6 Å². The van der Waals surface area contributed by atoms with Crippen LogP contribution >= 0.6 is 11.6 Å². The van der Waals surface area contributed by atoms with Gasteiger partial charge in [0.15, 0.2) is 0 Å². The molecular weight excluding hydrogens is 381 g/mol. The van der Waals surface area contributed by atoms with Crippen molar-refractivity contribution in [3.05, 3.63) is 77.1 Å². The first-order chi connectivity index (χ1) is 12.8. The number of anilines is 3. The summed E-state index contributed by atoms with van der Waals surface area (Å²) in [5, 5.41) is 5.37. The van der Waals surface area contributed by atoms with Crippen molar-refractivity contribution in [1.29, 1.82) is 0 Å². The van der Waals surface area contributed by atoms with Gasteiger partial charge >= 0.3 is 6.18 Å². The van der Waals surface area contributed by atoms with Gasteiger partial charge in [0.1, 0.15) is 0 Å². The second-order valence-corrected chi connectivity index (χ2v) is 5.84. The number of nitrogens with one attached hydrogen (secondary N) is 2. The quantitative estimate of drug-likeness (QED) is 0.644. The molecule has 0 aliphatic heterocycles. The number of aromatic nitrogens is 2. The minimum Gasteiger partial charge on any atom is -0.323 e. The molecule has 0 unspecified atom stereocenters. The molecule has 9 heteroatoms. The number of nitrogens with zero attached hydrogens (tertiary/aromatic N) is 2. The van der Waals surface area contributed by atoms with E-state index < -0.39 is 17.6 Å². The summed E-state index contributed by atoms with van der Waals surface area (Å²) in [6.45, 7) is 0. The van der Waals surface area contributed by atoms with E-state index in [9.17, 15) is 18.0 Å². The lowest BCUT2D eigenvalue weighted by Crippen LogP contribution is -2.13. The van der Waals surface area contributed by atoms with E-state index in [1.165, 1.54) is 12.4 Å². The predicted octanol–water partition coefficient (Wildman–Crippen LogP) is 5.14. The first kappa shape index (κ1) is 18.7. The maximum absolute atomic E-state index is 12.8. The summed E-state index contributed by atoms with van der Waals surface area (Å²) in [7, 11) is 0. The molecule has 1 aromatic heterocycles. The summed E-state index contributed by atoms with van der Waals surface area (Å²) in [4.78, 5) is 20.0. The molecule has 0 radical (unpaired) electrons. The van der Waals surface area contributed by atoms with Gasteiger partial charge in [-0.3, -0.25) is 4.79 Å². The van der Waals surface area contributed by atoms with Crippen LogP contribution in [0.1, 0.15) is 15.9 Å². The number of hydrogen-bond donors (Lipinski definition) is 2. The molecule has 0 saturated carbocycles. The van der Waals surface area contributed by atoms with E-state index in [2.05, 4.69) is 20.6 Å². The van der Waals surface area contributed by atoms with Crippen LogP contribution in [-0.2, 0) is 6.18 Å². The molecular formula is C18H12ClF3N4O.